The average molecular weight is 316 g/mol. The van der Waals surface area contributed by atoms with Crippen molar-refractivity contribution in [2.75, 3.05) is 19.0 Å². The highest BCUT2D eigenvalue weighted by Gasteiger charge is 2.27. The van der Waals surface area contributed by atoms with Crippen LogP contribution in [0, 0.1) is 23.4 Å². The Bertz CT molecular complexity index is 546. The SMILES string of the molecule is CN(C(=O)Nc1ccc(F)c(F)c1F)C1CCC(CO)CC1. The van der Waals surface area contributed by atoms with Crippen LogP contribution >= 0.6 is 0 Å². The van der Waals surface area contributed by atoms with E-state index in [0.29, 0.717) is 0 Å². The van der Waals surface area contributed by atoms with Crippen molar-refractivity contribution in [1.82, 2.24) is 4.90 Å². The number of anilines is 1. The summed E-state index contributed by atoms with van der Waals surface area (Å²) in [5.41, 5.74) is -0.389. The third-order valence-electron chi connectivity index (χ3n) is 4.22. The average Bonchev–Trinajstić information content (AvgIpc) is 2.54. The second kappa shape index (κ2) is 7.00. The maximum atomic E-state index is 13.5. The fourth-order valence-corrected chi connectivity index (χ4v) is 2.71. The van der Waals surface area contributed by atoms with Gasteiger partial charge in [-0.25, -0.2) is 18.0 Å². The fraction of sp³-hybridized carbons (Fsp3) is 0.533. The number of nitrogens with one attached hydrogen (secondary N) is 1. The summed E-state index contributed by atoms with van der Waals surface area (Å²) in [6.07, 6.45) is 3.13. The van der Waals surface area contributed by atoms with E-state index in [2.05, 4.69) is 5.32 Å². The van der Waals surface area contributed by atoms with Gasteiger partial charge in [0, 0.05) is 19.7 Å². The molecule has 1 aromatic carbocycles. The van der Waals surface area contributed by atoms with Gasteiger partial charge in [-0.3, -0.25) is 0 Å². The van der Waals surface area contributed by atoms with Gasteiger partial charge < -0.3 is 15.3 Å². The first-order valence-corrected chi connectivity index (χ1v) is 7.22. The molecule has 1 aliphatic carbocycles. The molecule has 0 atom stereocenters. The van der Waals surface area contributed by atoms with Crippen LogP contribution in [0.25, 0.3) is 0 Å². The molecule has 1 fully saturated rings. The summed E-state index contributed by atoms with van der Waals surface area (Å²) in [4.78, 5) is 13.5. The molecular weight excluding hydrogens is 297 g/mol. The van der Waals surface area contributed by atoms with Gasteiger partial charge in [0.2, 0.25) is 0 Å². The Labute approximate surface area is 126 Å². The standard InChI is InChI=1S/C15H19F3N2O2/c1-20(10-4-2-9(8-21)3-5-10)15(22)19-12-7-6-11(16)13(17)14(12)18/h6-7,9-10,21H,2-5,8H2,1H3,(H,19,22). The molecule has 1 saturated carbocycles. The molecule has 0 radical (unpaired) electrons. The Hall–Kier alpha value is -1.76. The number of rotatable bonds is 3. The molecule has 0 aliphatic heterocycles. The van der Waals surface area contributed by atoms with Crippen molar-refractivity contribution in [3.8, 4) is 0 Å². The normalized spacial score (nSPS) is 21.5. The number of carbonyl (C=O) groups is 1. The molecule has 0 unspecified atom stereocenters. The molecule has 2 rings (SSSR count). The molecular formula is C15H19F3N2O2. The van der Waals surface area contributed by atoms with Crippen molar-refractivity contribution in [2.24, 2.45) is 5.92 Å². The maximum absolute atomic E-state index is 13.5. The van der Waals surface area contributed by atoms with Crippen LogP contribution in [-0.2, 0) is 0 Å². The van der Waals surface area contributed by atoms with Crippen LogP contribution < -0.4 is 5.32 Å². The van der Waals surface area contributed by atoms with Gasteiger partial charge in [-0.1, -0.05) is 0 Å². The number of aliphatic hydroxyl groups is 1. The van der Waals surface area contributed by atoms with Crippen LogP contribution in [0.2, 0.25) is 0 Å². The second-order valence-electron chi connectivity index (χ2n) is 5.62. The summed E-state index contributed by atoms with van der Waals surface area (Å²) in [6.45, 7) is 0.142. The van der Waals surface area contributed by atoms with Crippen LogP contribution in [0.3, 0.4) is 0 Å². The summed E-state index contributed by atoms with van der Waals surface area (Å²) in [5.74, 6) is -4.06. The lowest BCUT2D eigenvalue weighted by Crippen LogP contribution is -2.42. The van der Waals surface area contributed by atoms with Crippen LogP contribution in [0.15, 0.2) is 12.1 Å². The highest BCUT2D eigenvalue weighted by Crippen LogP contribution is 2.27. The number of carbonyl (C=O) groups excluding carboxylic acids is 1. The zero-order chi connectivity index (χ0) is 16.3. The van der Waals surface area contributed by atoms with Gasteiger partial charge in [-0.2, -0.15) is 0 Å². The molecule has 22 heavy (non-hydrogen) atoms. The van der Waals surface area contributed by atoms with Gasteiger partial charge >= 0.3 is 6.03 Å². The molecule has 0 bridgehead atoms. The van der Waals surface area contributed by atoms with E-state index in [1.54, 1.807) is 7.05 Å². The quantitative estimate of drug-likeness (QED) is 0.842. The lowest BCUT2D eigenvalue weighted by atomic mass is 9.86. The minimum atomic E-state index is -1.61. The van der Waals surface area contributed by atoms with E-state index in [0.717, 1.165) is 37.8 Å². The Morgan fingerprint density at radius 3 is 2.45 bits per heavy atom. The molecule has 1 aliphatic rings. The highest BCUT2D eigenvalue weighted by atomic mass is 19.2. The summed E-state index contributed by atoms with van der Waals surface area (Å²) in [7, 11) is 1.58. The predicted octanol–water partition coefficient (Wildman–Crippen LogP) is 3.12. The van der Waals surface area contributed by atoms with Gasteiger partial charge in [-0.15, -0.1) is 0 Å². The molecule has 7 heteroatoms. The molecule has 0 heterocycles. The number of benzene rings is 1. The van der Waals surface area contributed by atoms with Crippen molar-refractivity contribution < 1.29 is 23.1 Å². The second-order valence-corrected chi connectivity index (χ2v) is 5.62. The molecule has 0 spiro atoms. The van der Waals surface area contributed by atoms with E-state index in [9.17, 15) is 18.0 Å². The van der Waals surface area contributed by atoms with E-state index in [4.69, 9.17) is 5.11 Å². The summed E-state index contributed by atoms with van der Waals surface area (Å²) < 4.78 is 39.5. The number of aliphatic hydroxyl groups excluding tert-OH is 1. The minimum Gasteiger partial charge on any atom is -0.396 e. The Morgan fingerprint density at radius 1 is 1.23 bits per heavy atom. The zero-order valence-corrected chi connectivity index (χ0v) is 12.3. The van der Waals surface area contributed by atoms with Gasteiger partial charge in [0.05, 0.1) is 5.69 Å². The largest absolute Gasteiger partial charge is 0.396 e. The van der Waals surface area contributed by atoms with Crippen molar-refractivity contribution in [3.63, 3.8) is 0 Å². The van der Waals surface area contributed by atoms with Gasteiger partial charge in [-0.05, 0) is 43.7 Å². The van der Waals surface area contributed by atoms with Gasteiger partial charge in [0.15, 0.2) is 17.5 Å². The molecule has 0 aromatic heterocycles. The molecule has 0 saturated heterocycles. The van der Waals surface area contributed by atoms with Gasteiger partial charge in [0.25, 0.3) is 0 Å². The molecule has 122 valence electrons. The Kier molecular flexibility index (Phi) is 5.28. The van der Waals surface area contributed by atoms with Crippen molar-refractivity contribution >= 4 is 11.7 Å². The van der Waals surface area contributed by atoms with E-state index in [1.807, 2.05) is 0 Å². The predicted molar refractivity (Wildman–Crippen MR) is 75.9 cm³/mol. The zero-order valence-electron chi connectivity index (χ0n) is 12.3. The summed E-state index contributed by atoms with van der Waals surface area (Å²) in [6, 6.07) is 1.16. The first-order valence-electron chi connectivity index (χ1n) is 7.22. The van der Waals surface area contributed by atoms with Crippen LogP contribution in [0.4, 0.5) is 23.7 Å². The fourth-order valence-electron chi connectivity index (χ4n) is 2.71. The van der Waals surface area contributed by atoms with Crippen LogP contribution in [-0.4, -0.2) is 35.7 Å². The smallest absolute Gasteiger partial charge is 0.321 e. The monoisotopic (exact) mass is 316 g/mol. The first-order chi connectivity index (χ1) is 10.4. The van der Waals surface area contributed by atoms with Crippen molar-refractivity contribution in [1.29, 1.82) is 0 Å². The third-order valence-corrected chi connectivity index (χ3v) is 4.22. The number of urea groups is 1. The van der Waals surface area contributed by atoms with E-state index in [1.165, 1.54) is 4.90 Å². The van der Waals surface area contributed by atoms with Crippen LogP contribution in [0.5, 0.6) is 0 Å². The first kappa shape index (κ1) is 16.6. The number of hydrogen-bond acceptors (Lipinski definition) is 2. The molecule has 2 amide bonds. The van der Waals surface area contributed by atoms with Gasteiger partial charge in [0.1, 0.15) is 0 Å². The minimum absolute atomic E-state index is 0.0174. The molecule has 2 N–H and O–H groups in total. The Balaban J connectivity index is 1.99. The number of amides is 2. The van der Waals surface area contributed by atoms with Crippen molar-refractivity contribution in [2.45, 2.75) is 31.7 Å². The highest BCUT2D eigenvalue weighted by molar-refractivity contribution is 5.89. The lowest BCUT2D eigenvalue weighted by molar-refractivity contribution is 0.139. The molecule has 1 aromatic rings. The summed E-state index contributed by atoms with van der Waals surface area (Å²) in [5, 5.41) is 11.4. The summed E-state index contributed by atoms with van der Waals surface area (Å²) >= 11 is 0. The van der Waals surface area contributed by atoms with E-state index < -0.39 is 23.5 Å². The lowest BCUT2D eigenvalue weighted by Gasteiger charge is -2.34. The maximum Gasteiger partial charge on any atom is 0.321 e. The van der Waals surface area contributed by atoms with E-state index >= 15 is 0 Å². The number of nitrogens with zero attached hydrogens (tertiary/aromatic N) is 1. The topological polar surface area (TPSA) is 52.6 Å². The number of halogens is 3. The van der Waals surface area contributed by atoms with Crippen molar-refractivity contribution in [3.05, 3.63) is 29.6 Å². The van der Waals surface area contributed by atoms with E-state index in [-0.39, 0.29) is 24.3 Å². The molecule has 4 nitrogen and oxygen atoms in total. The van der Waals surface area contributed by atoms with Crippen LogP contribution in [0.1, 0.15) is 25.7 Å². The third kappa shape index (κ3) is 3.52. The number of hydrogen-bond donors (Lipinski definition) is 2. The Morgan fingerprint density at radius 2 is 1.86 bits per heavy atom.